The Morgan fingerprint density at radius 1 is 1.36 bits per heavy atom. The maximum absolute atomic E-state index is 13.4. The quantitative estimate of drug-likeness (QED) is 0.504. The maximum atomic E-state index is 13.4. The molecule has 9 heteroatoms. The number of nitrogen functional groups attached to an aromatic ring is 1. The van der Waals surface area contributed by atoms with Gasteiger partial charge in [0.15, 0.2) is 5.65 Å². The second-order valence-electron chi connectivity index (χ2n) is 9.40. The van der Waals surface area contributed by atoms with Crippen molar-refractivity contribution in [2.75, 3.05) is 24.1 Å². The van der Waals surface area contributed by atoms with Gasteiger partial charge in [-0.3, -0.25) is 4.90 Å². The molecule has 0 spiro atoms. The van der Waals surface area contributed by atoms with Crippen molar-refractivity contribution in [3.63, 3.8) is 0 Å². The van der Waals surface area contributed by atoms with Crippen molar-refractivity contribution in [2.45, 2.75) is 58.5 Å². The van der Waals surface area contributed by atoms with Gasteiger partial charge in [0.05, 0.1) is 6.20 Å². The number of ether oxygens (including phenoxy) is 1. The summed E-state index contributed by atoms with van der Waals surface area (Å²) < 4.78 is 7.59. The van der Waals surface area contributed by atoms with E-state index in [4.69, 9.17) is 10.5 Å². The average Bonchev–Trinajstić information content (AvgIpc) is 3.17. The Kier molecular flexibility index (Phi) is 6.42. The van der Waals surface area contributed by atoms with Crippen LogP contribution in [0.4, 0.5) is 22.0 Å². The minimum atomic E-state index is -0.402. The minimum Gasteiger partial charge on any atom is -0.399 e. The zero-order valence-electron chi connectivity index (χ0n) is 19.8. The number of hydrogen-bond donors (Lipinski definition) is 3. The monoisotopic (exact) mass is 451 g/mol. The van der Waals surface area contributed by atoms with Crippen LogP contribution in [0.25, 0.3) is 5.65 Å². The molecule has 0 bridgehead atoms. The van der Waals surface area contributed by atoms with Gasteiger partial charge in [-0.1, -0.05) is 13.0 Å². The van der Waals surface area contributed by atoms with E-state index >= 15 is 0 Å². The first-order valence-electron chi connectivity index (χ1n) is 11.5. The van der Waals surface area contributed by atoms with Crippen LogP contribution in [0.5, 0.6) is 5.88 Å². The summed E-state index contributed by atoms with van der Waals surface area (Å²) >= 11 is 0. The Balaban J connectivity index is 1.68. The van der Waals surface area contributed by atoms with E-state index in [1.165, 1.54) is 0 Å². The number of rotatable bonds is 5. The third-order valence-electron chi connectivity index (χ3n) is 5.81. The number of aromatic nitrogens is 3. The number of benzene rings is 1. The molecule has 4 rings (SSSR count). The number of hydrogen-bond acceptors (Lipinski definition) is 7. The first kappa shape index (κ1) is 22.8. The molecule has 176 valence electrons. The van der Waals surface area contributed by atoms with Crippen LogP contribution >= 0.6 is 0 Å². The van der Waals surface area contributed by atoms with Crippen LogP contribution in [0.3, 0.4) is 0 Å². The van der Waals surface area contributed by atoms with Crippen LogP contribution in [-0.4, -0.2) is 50.3 Å². The summed E-state index contributed by atoms with van der Waals surface area (Å²) in [6, 6.07) is 9.21. The normalized spacial score (nSPS) is 16.5. The number of nitrogens with zero attached hydrogens (tertiary/aromatic N) is 4. The fraction of sp³-hybridized carbons (Fsp3) is 0.458. The Bertz CT molecular complexity index is 1130. The number of amides is 1. The maximum Gasteiger partial charge on any atom is 0.417 e. The molecule has 3 aromatic rings. The predicted molar refractivity (Wildman–Crippen MR) is 130 cm³/mol. The van der Waals surface area contributed by atoms with Gasteiger partial charge in [0, 0.05) is 41.1 Å². The first-order chi connectivity index (χ1) is 15.8. The molecule has 1 saturated heterocycles. The topological polar surface area (TPSA) is 110 Å². The molecule has 0 saturated carbocycles. The summed E-state index contributed by atoms with van der Waals surface area (Å²) in [7, 11) is 0. The number of anilines is 3. The highest BCUT2D eigenvalue weighted by Gasteiger charge is 2.35. The molecular formula is C24H33N7O2. The van der Waals surface area contributed by atoms with Crippen LogP contribution in [0.15, 0.2) is 36.5 Å². The van der Waals surface area contributed by atoms with Crippen molar-refractivity contribution in [2.24, 2.45) is 0 Å². The van der Waals surface area contributed by atoms with Gasteiger partial charge in [-0.05, 0) is 64.8 Å². The highest BCUT2D eigenvalue weighted by molar-refractivity contribution is 5.73. The van der Waals surface area contributed by atoms with Crippen molar-refractivity contribution >= 4 is 28.9 Å². The average molecular weight is 452 g/mol. The molecule has 2 aromatic heterocycles. The number of aryl methyl sites for hydroxylation is 1. The largest absolute Gasteiger partial charge is 0.417 e. The molecular weight excluding hydrogens is 418 g/mol. The van der Waals surface area contributed by atoms with Crippen molar-refractivity contribution in [1.82, 2.24) is 24.8 Å². The molecule has 3 heterocycles. The van der Waals surface area contributed by atoms with Crippen molar-refractivity contribution in [3.05, 3.63) is 42.1 Å². The van der Waals surface area contributed by atoms with Gasteiger partial charge in [0.2, 0.25) is 5.88 Å². The number of fused-ring (bicyclic) bond motifs is 1. The van der Waals surface area contributed by atoms with Crippen LogP contribution in [-0.2, 0) is 6.42 Å². The molecule has 9 nitrogen and oxygen atoms in total. The van der Waals surface area contributed by atoms with Crippen LogP contribution in [0.2, 0.25) is 0 Å². The lowest BCUT2D eigenvalue weighted by Gasteiger charge is -2.42. The van der Waals surface area contributed by atoms with E-state index in [0.717, 1.165) is 43.6 Å². The van der Waals surface area contributed by atoms with E-state index in [9.17, 15) is 4.79 Å². The van der Waals surface area contributed by atoms with Gasteiger partial charge < -0.3 is 21.1 Å². The third kappa shape index (κ3) is 5.03. The van der Waals surface area contributed by atoms with E-state index in [1.54, 1.807) is 16.8 Å². The summed E-state index contributed by atoms with van der Waals surface area (Å²) in [5, 5.41) is 11.2. The minimum absolute atomic E-state index is 0.0704. The number of carbonyl (C=O) groups is 1. The van der Waals surface area contributed by atoms with Crippen LogP contribution in [0, 0.1) is 0 Å². The van der Waals surface area contributed by atoms with Gasteiger partial charge in [-0.15, -0.1) is 0 Å². The molecule has 0 radical (unpaired) electrons. The molecule has 1 fully saturated rings. The van der Waals surface area contributed by atoms with Crippen molar-refractivity contribution in [3.8, 4) is 5.88 Å². The van der Waals surface area contributed by atoms with E-state index < -0.39 is 11.6 Å². The fourth-order valence-corrected chi connectivity index (χ4v) is 4.30. The number of carbonyl (C=O) groups excluding carboxylic acids is 1. The number of nitrogens with one attached hydrogen (secondary N) is 2. The van der Waals surface area contributed by atoms with Crippen molar-refractivity contribution < 1.29 is 9.53 Å². The molecule has 1 aliphatic heterocycles. The first-order valence-corrected chi connectivity index (χ1v) is 11.5. The van der Waals surface area contributed by atoms with Gasteiger partial charge in [-0.25, -0.2) is 4.79 Å². The van der Waals surface area contributed by atoms with Gasteiger partial charge in [-0.2, -0.15) is 14.6 Å². The summed E-state index contributed by atoms with van der Waals surface area (Å²) in [5.41, 5.74) is 8.61. The highest BCUT2D eigenvalue weighted by Crippen LogP contribution is 2.27. The van der Waals surface area contributed by atoms with Gasteiger partial charge in [0.1, 0.15) is 5.82 Å². The Morgan fingerprint density at radius 3 is 2.85 bits per heavy atom. The SMILES string of the molecule is CCc1cnn2c(Nc3cccc(N)c3)cc(OC(=O)N(C3CCCNC3)C(C)(C)C)nc12. The Labute approximate surface area is 194 Å². The predicted octanol–water partition coefficient (Wildman–Crippen LogP) is 3.97. The standard InChI is InChI=1S/C24H33N7O2/c1-5-16-14-27-31-20(28-18-9-6-8-17(25)12-18)13-21(29-22(16)31)33-23(32)30(24(2,3)4)19-10-7-11-26-15-19/h6,8-9,12-14,19,26,28H,5,7,10-11,15,25H2,1-4H3. The zero-order chi connectivity index (χ0) is 23.6. The smallest absolute Gasteiger partial charge is 0.399 e. The third-order valence-corrected chi connectivity index (χ3v) is 5.81. The summed E-state index contributed by atoms with van der Waals surface area (Å²) in [4.78, 5) is 19.8. The lowest BCUT2D eigenvalue weighted by molar-refractivity contribution is 0.0655. The summed E-state index contributed by atoms with van der Waals surface area (Å²) in [6.07, 6.45) is 4.11. The lowest BCUT2D eigenvalue weighted by Crippen LogP contribution is -2.57. The van der Waals surface area contributed by atoms with Gasteiger partial charge >= 0.3 is 6.09 Å². The van der Waals surface area contributed by atoms with E-state index in [1.807, 2.05) is 56.9 Å². The molecule has 1 aliphatic rings. The van der Waals surface area contributed by atoms with Crippen LogP contribution < -0.4 is 21.1 Å². The molecule has 1 aromatic carbocycles. The molecule has 1 amide bonds. The zero-order valence-corrected chi connectivity index (χ0v) is 19.8. The van der Waals surface area contributed by atoms with Crippen LogP contribution in [0.1, 0.15) is 46.1 Å². The molecule has 33 heavy (non-hydrogen) atoms. The van der Waals surface area contributed by atoms with Crippen molar-refractivity contribution in [1.29, 1.82) is 0 Å². The lowest BCUT2D eigenvalue weighted by atomic mass is 9.99. The summed E-state index contributed by atoms with van der Waals surface area (Å²) in [5.74, 6) is 0.863. The summed E-state index contributed by atoms with van der Waals surface area (Å²) in [6.45, 7) is 9.85. The second kappa shape index (κ2) is 9.27. The Hall–Kier alpha value is -3.33. The molecule has 1 atom stereocenters. The fourth-order valence-electron chi connectivity index (χ4n) is 4.30. The number of nitrogens with two attached hydrogens (primary N) is 1. The second-order valence-corrected chi connectivity index (χ2v) is 9.40. The molecule has 1 unspecified atom stereocenters. The number of piperidine rings is 1. The highest BCUT2D eigenvalue weighted by atomic mass is 16.6. The van der Waals surface area contributed by atoms with E-state index in [-0.39, 0.29) is 11.9 Å². The molecule has 0 aliphatic carbocycles. The Morgan fingerprint density at radius 2 is 2.18 bits per heavy atom. The van der Waals surface area contributed by atoms with E-state index in [2.05, 4.69) is 20.7 Å². The van der Waals surface area contributed by atoms with E-state index in [0.29, 0.717) is 17.2 Å². The van der Waals surface area contributed by atoms with Gasteiger partial charge in [0.25, 0.3) is 0 Å². The molecule has 4 N–H and O–H groups in total.